The Morgan fingerprint density at radius 3 is 2.39 bits per heavy atom. The zero-order valence-electron chi connectivity index (χ0n) is 24.3. The van der Waals surface area contributed by atoms with Gasteiger partial charge in [-0.2, -0.15) is 0 Å². The number of aryl methyl sites for hydroxylation is 1. The van der Waals surface area contributed by atoms with Crippen LogP contribution in [0, 0.1) is 12.7 Å². The zero-order valence-corrected chi connectivity index (χ0v) is 25.9. The van der Waals surface area contributed by atoms with Crippen LogP contribution in [0.15, 0.2) is 102 Å². The van der Waals surface area contributed by atoms with Crippen molar-refractivity contribution in [1.82, 2.24) is 5.32 Å². The topological polar surface area (TPSA) is 96.5 Å². The van der Waals surface area contributed by atoms with Crippen molar-refractivity contribution in [3.8, 4) is 5.75 Å². The van der Waals surface area contributed by atoms with E-state index >= 15 is 0 Å². The highest BCUT2D eigenvalue weighted by molar-refractivity contribution is 8.00. The number of carbonyl (C=O) groups is 3. The lowest BCUT2D eigenvalue weighted by molar-refractivity contribution is -0.116. The summed E-state index contributed by atoms with van der Waals surface area (Å²) in [4.78, 5) is 40.2. The lowest BCUT2D eigenvalue weighted by atomic mass is 10.1. The molecule has 4 rings (SSSR count). The van der Waals surface area contributed by atoms with E-state index in [-0.39, 0.29) is 17.2 Å². The highest BCUT2D eigenvalue weighted by Crippen LogP contribution is 2.33. The summed E-state index contributed by atoms with van der Waals surface area (Å²) in [5.74, 6) is -1.46. The molecule has 3 amide bonds. The Morgan fingerprint density at radius 1 is 0.955 bits per heavy atom. The maximum absolute atomic E-state index is 14.5. The van der Waals surface area contributed by atoms with Crippen molar-refractivity contribution in [2.75, 3.05) is 17.7 Å². The molecule has 0 saturated heterocycles. The van der Waals surface area contributed by atoms with Crippen LogP contribution in [0.4, 0.5) is 15.8 Å². The first kappa shape index (κ1) is 32.3. The van der Waals surface area contributed by atoms with Crippen LogP contribution in [0.1, 0.15) is 34.8 Å². The summed E-state index contributed by atoms with van der Waals surface area (Å²) in [6.07, 6.45) is 1.82. The molecule has 0 radical (unpaired) electrons. The first-order valence-corrected chi connectivity index (χ1v) is 15.0. The summed E-state index contributed by atoms with van der Waals surface area (Å²) >= 11 is 7.54. The van der Waals surface area contributed by atoms with Gasteiger partial charge < -0.3 is 20.7 Å². The molecule has 3 N–H and O–H groups in total. The summed E-state index contributed by atoms with van der Waals surface area (Å²) in [5, 5.41) is 8.39. The van der Waals surface area contributed by atoms with Gasteiger partial charge in [0.1, 0.15) is 17.3 Å². The Balaban J connectivity index is 1.51. The molecule has 0 aromatic heterocycles. The number of benzene rings is 4. The predicted molar refractivity (Wildman–Crippen MR) is 175 cm³/mol. The Kier molecular flexibility index (Phi) is 11.2. The molecule has 4 aromatic rings. The number of halogens is 2. The average Bonchev–Trinajstić information content (AvgIpc) is 3.02. The van der Waals surface area contributed by atoms with Gasteiger partial charge in [0.05, 0.1) is 18.0 Å². The minimum atomic E-state index is -0.644. The van der Waals surface area contributed by atoms with Gasteiger partial charge in [0.2, 0.25) is 5.91 Å². The molecule has 7 nitrogen and oxygen atoms in total. The number of carbonyl (C=O) groups excluding carboxylic acids is 3. The van der Waals surface area contributed by atoms with Gasteiger partial charge in [-0.05, 0) is 67.4 Å². The van der Waals surface area contributed by atoms with Crippen molar-refractivity contribution < 1.29 is 23.5 Å². The van der Waals surface area contributed by atoms with E-state index in [1.807, 2.05) is 19.9 Å². The van der Waals surface area contributed by atoms with E-state index in [1.54, 1.807) is 66.7 Å². The second-order valence-electron chi connectivity index (χ2n) is 9.69. The molecule has 0 bridgehead atoms. The summed E-state index contributed by atoms with van der Waals surface area (Å²) in [6.45, 7) is 3.75. The molecule has 0 fully saturated rings. The summed E-state index contributed by atoms with van der Waals surface area (Å²) in [5.41, 5.74) is 2.09. The maximum atomic E-state index is 14.5. The molecule has 0 aliphatic heterocycles. The molecule has 4 aromatic carbocycles. The molecule has 44 heavy (non-hydrogen) atoms. The minimum Gasteiger partial charge on any atom is -0.495 e. The van der Waals surface area contributed by atoms with Gasteiger partial charge in [0.15, 0.2) is 0 Å². The monoisotopic (exact) mass is 631 g/mol. The molecule has 0 aliphatic rings. The van der Waals surface area contributed by atoms with Gasteiger partial charge in [-0.15, -0.1) is 11.8 Å². The van der Waals surface area contributed by atoms with E-state index in [0.29, 0.717) is 34.1 Å². The second kappa shape index (κ2) is 15.2. The molecule has 10 heteroatoms. The van der Waals surface area contributed by atoms with E-state index in [0.717, 1.165) is 10.5 Å². The number of hydrogen-bond donors (Lipinski definition) is 3. The smallest absolute Gasteiger partial charge is 0.272 e. The average molecular weight is 632 g/mol. The number of hydrogen-bond acceptors (Lipinski definition) is 5. The van der Waals surface area contributed by atoms with Crippen molar-refractivity contribution >= 4 is 58.5 Å². The van der Waals surface area contributed by atoms with Gasteiger partial charge in [-0.25, -0.2) is 4.39 Å². The molecule has 226 valence electrons. The van der Waals surface area contributed by atoms with Crippen LogP contribution < -0.4 is 20.7 Å². The summed E-state index contributed by atoms with van der Waals surface area (Å²) < 4.78 is 19.8. The number of ether oxygens (including phenoxy) is 1. The second-order valence-corrected chi connectivity index (χ2v) is 11.4. The molecule has 0 heterocycles. The first-order chi connectivity index (χ1) is 21.2. The number of methoxy groups -OCH3 is 1. The van der Waals surface area contributed by atoms with Crippen molar-refractivity contribution in [3.63, 3.8) is 0 Å². The third-order valence-corrected chi connectivity index (χ3v) is 8.27. The molecule has 1 atom stereocenters. The van der Waals surface area contributed by atoms with Crippen LogP contribution in [0.5, 0.6) is 5.75 Å². The fourth-order valence-corrected chi connectivity index (χ4v) is 5.33. The number of thioether (sulfide) groups is 1. The lowest BCUT2D eigenvalue weighted by Gasteiger charge is -2.18. The Morgan fingerprint density at radius 2 is 1.68 bits per heavy atom. The van der Waals surface area contributed by atoms with Crippen molar-refractivity contribution in [2.45, 2.75) is 30.4 Å². The number of rotatable bonds is 11. The van der Waals surface area contributed by atoms with Crippen molar-refractivity contribution in [2.24, 2.45) is 0 Å². The minimum absolute atomic E-state index is 0.139. The third kappa shape index (κ3) is 8.49. The van der Waals surface area contributed by atoms with Crippen LogP contribution in [0.2, 0.25) is 5.02 Å². The first-order valence-electron chi connectivity index (χ1n) is 13.7. The highest BCUT2D eigenvalue weighted by atomic mass is 35.5. The summed E-state index contributed by atoms with van der Waals surface area (Å²) in [6, 6.07) is 24.7. The van der Waals surface area contributed by atoms with E-state index in [2.05, 4.69) is 16.0 Å². The lowest BCUT2D eigenvalue weighted by Crippen LogP contribution is -2.30. The van der Waals surface area contributed by atoms with Crippen LogP contribution in [-0.4, -0.2) is 30.1 Å². The van der Waals surface area contributed by atoms with Gasteiger partial charge >= 0.3 is 0 Å². The number of anilines is 2. The quantitative estimate of drug-likeness (QED) is 0.116. The summed E-state index contributed by atoms with van der Waals surface area (Å²) in [7, 11) is 1.51. The van der Waals surface area contributed by atoms with Gasteiger partial charge in [0, 0.05) is 32.8 Å². The molecular formula is C34H31ClFN3O4S. The molecular weight excluding hydrogens is 601 g/mol. The van der Waals surface area contributed by atoms with Crippen molar-refractivity contribution in [3.05, 3.63) is 124 Å². The maximum Gasteiger partial charge on any atom is 0.272 e. The van der Waals surface area contributed by atoms with E-state index in [4.69, 9.17) is 16.3 Å². The van der Waals surface area contributed by atoms with Crippen LogP contribution in [0.25, 0.3) is 6.08 Å². The molecule has 0 aliphatic carbocycles. The molecule has 0 spiro atoms. The standard InChI is InChI=1S/C34H31ClFN3O4S/c1-4-31(34(42)38-28-17-21(2)26(35)20-30(28)43-3)44-25-15-10-14-24(19-25)37-33(41)29(18-23-13-8-9-16-27(23)36)39-32(40)22-11-6-5-7-12-22/h5-20,31H,4H2,1-3H3,(H,37,41)(H,38,42)(H,39,40)/b29-18-. The highest BCUT2D eigenvalue weighted by Gasteiger charge is 2.21. The largest absolute Gasteiger partial charge is 0.495 e. The third-order valence-electron chi connectivity index (χ3n) is 6.51. The fourth-order valence-electron chi connectivity index (χ4n) is 4.17. The Labute approximate surface area is 264 Å². The predicted octanol–water partition coefficient (Wildman–Crippen LogP) is 7.72. The molecule has 0 saturated carbocycles. The van der Waals surface area contributed by atoms with Crippen molar-refractivity contribution in [1.29, 1.82) is 0 Å². The normalized spacial score (nSPS) is 11.8. The Hall–Kier alpha value is -4.60. The van der Waals surface area contributed by atoms with Gasteiger partial charge in [-0.3, -0.25) is 14.4 Å². The van der Waals surface area contributed by atoms with Crippen LogP contribution in [0.3, 0.4) is 0 Å². The van der Waals surface area contributed by atoms with E-state index in [9.17, 15) is 18.8 Å². The van der Waals surface area contributed by atoms with E-state index in [1.165, 1.54) is 43.1 Å². The number of nitrogens with one attached hydrogen (secondary N) is 3. The fraction of sp³-hybridized carbons (Fsp3) is 0.147. The SMILES string of the molecule is CCC(Sc1cccc(NC(=O)/C(=C/c2ccccc2F)NC(=O)c2ccccc2)c1)C(=O)Nc1cc(C)c(Cl)cc1OC. The van der Waals surface area contributed by atoms with Gasteiger partial charge in [-0.1, -0.05) is 61.0 Å². The van der Waals surface area contributed by atoms with Crippen LogP contribution in [-0.2, 0) is 9.59 Å². The van der Waals surface area contributed by atoms with Gasteiger partial charge in [0.25, 0.3) is 11.8 Å². The van der Waals surface area contributed by atoms with E-state index < -0.39 is 22.9 Å². The number of amides is 3. The van der Waals surface area contributed by atoms with Crippen LogP contribution >= 0.6 is 23.4 Å². The Bertz CT molecular complexity index is 1700. The zero-order chi connectivity index (χ0) is 31.6. The molecule has 1 unspecified atom stereocenters.